The Balaban J connectivity index is 2.74. The highest BCUT2D eigenvalue weighted by Crippen LogP contribution is 2.21. The molecule has 1 aromatic heterocycles. The summed E-state index contributed by atoms with van der Waals surface area (Å²) in [6, 6.07) is 1.49. The van der Waals surface area contributed by atoms with Crippen LogP contribution >= 0.6 is 11.6 Å². The molecule has 0 N–H and O–H groups in total. The second-order valence-corrected chi connectivity index (χ2v) is 4.30. The first kappa shape index (κ1) is 14.8. The minimum Gasteiger partial charge on any atom is -0.341 e. The van der Waals surface area contributed by atoms with Crippen molar-refractivity contribution in [2.45, 2.75) is 19.5 Å². The third-order valence-corrected chi connectivity index (χ3v) is 2.61. The highest BCUT2D eigenvalue weighted by molar-refractivity contribution is 6.33. The first-order valence-electron chi connectivity index (χ1n) is 5.15. The minimum absolute atomic E-state index is 0.104. The molecule has 0 aliphatic heterocycles. The number of amides is 1. The average molecular weight is 281 g/mol. The highest BCUT2D eigenvalue weighted by Gasteiger charge is 2.28. The molecule has 100 valence electrons. The van der Waals surface area contributed by atoms with E-state index >= 15 is 0 Å². The van der Waals surface area contributed by atoms with Crippen molar-refractivity contribution in [3.8, 4) is 0 Å². The summed E-state index contributed by atoms with van der Waals surface area (Å²) in [7, 11) is 1.30. The van der Waals surface area contributed by atoms with Gasteiger partial charge in [0.05, 0.1) is 17.0 Å². The SMILES string of the molecule is Cc1cc(Cl)c(C(=O)N(C)CCC(F)(F)F)cn1. The number of hydrogen-bond acceptors (Lipinski definition) is 2. The van der Waals surface area contributed by atoms with Gasteiger partial charge in [-0.1, -0.05) is 11.6 Å². The van der Waals surface area contributed by atoms with E-state index in [9.17, 15) is 18.0 Å². The number of carbonyl (C=O) groups excluding carboxylic acids is 1. The van der Waals surface area contributed by atoms with Crippen LogP contribution in [0.3, 0.4) is 0 Å². The summed E-state index contributed by atoms with van der Waals surface area (Å²) < 4.78 is 36.1. The van der Waals surface area contributed by atoms with Crippen LogP contribution in [0.1, 0.15) is 22.5 Å². The van der Waals surface area contributed by atoms with E-state index < -0.39 is 25.0 Å². The number of pyridine rings is 1. The molecule has 3 nitrogen and oxygen atoms in total. The molecule has 0 radical (unpaired) electrons. The predicted octanol–water partition coefficient (Wildman–Crippen LogP) is 3.07. The number of halogens is 4. The molecule has 0 atom stereocenters. The molecule has 0 aliphatic rings. The Kier molecular flexibility index (Phi) is 4.56. The maximum atomic E-state index is 12.0. The van der Waals surface area contributed by atoms with Crippen LogP contribution in [0.25, 0.3) is 0 Å². The van der Waals surface area contributed by atoms with E-state index in [0.717, 1.165) is 4.90 Å². The average Bonchev–Trinajstić information content (AvgIpc) is 2.24. The molecule has 0 saturated carbocycles. The molecule has 0 fully saturated rings. The van der Waals surface area contributed by atoms with Gasteiger partial charge in [-0.15, -0.1) is 0 Å². The van der Waals surface area contributed by atoms with Crippen molar-refractivity contribution in [1.82, 2.24) is 9.88 Å². The zero-order valence-electron chi connectivity index (χ0n) is 9.88. The van der Waals surface area contributed by atoms with Crippen molar-refractivity contribution in [1.29, 1.82) is 0 Å². The molecule has 1 rings (SSSR count). The normalized spacial score (nSPS) is 11.4. The van der Waals surface area contributed by atoms with Crippen LogP contribution in [0.5, 0.6) is 0 Å². The van der Waals surface area contributed by atoms with Crippen LogP contribution in [-0.2, 0) is 0 Å². The maximum Gasteiger partial charge on any atom is 0.390 e. The minimum atomic E-state index is -4.29. The Morgan fingerprint density at radius 1 is 1.50 bits per heavy atom. The smallest absolute Gasteiger partial charge is 0.341 e. The zero-order valence-corrected chi connectivity index (χ0v) is 10.6. The highest BCUT2D eigenvalue weighted by atomic mass is 35.5. The Hall–Kier alpha value is -1.30. The molecular formula is C11H12ClF3N2O. The van der Waals surface area contributed by atoms with Gasteiger partial charge in [-0.2, -0.15) is 13.2 Å². The summed E-state index contributed by atoms with van der Waals surface area (Å²) in [5, 5.41) is 0.186. The second-order valence-electron chi connectivity index (χ2n) is 3.90. The number of alkyl halides is 3. The molecule has 18 heavy (non-hydrogen) atoms. The van der Waals surface area contributed by atoms with Crippen molar-refractivity contribution in [2.24, 2.45) is 0 Å². The fourth-order valence-electron chi connectivity index (χ4n) is 1.29. The van der Waals surface area contributed by atoms with Crippen molar-refractivity contribution >= 4 is 17.5 Å². The van der Waals surface area contributed by atoms with Crippen LogP contribution in [-0.4, -0.2) is 35.6 Å². The summed E-state index contributed by atoms with van der Waals surface area (Å²) in [5.41, 5.74) is 0.737. The third-order valence-electron chi connectivity index (χ3n) is 2.30. The number of carbonyl (C=O) groups is 1. The van der Waals surface area contributed by atoms with E-state index in [-0.39, 0.29) is 10.6 Å². The Morgan fingerprint density at radius 3 is 2.61 bits per heavy atom. The Labute approximate surface area is 108 Å². The quantitative estimate of drug-likeness (QED) is 0.852. The van der Waals surface area contributed by atoms with Gasteiger partial charge in [-0.25, -0.2) is 0 Å². The van der Waals surface area contributed by atoms with E-state index in [1.54, 1.807) is 6.92 Å². The van der Waals surface area contributed by atoms with Crippen LogP contribution < -0.4 is 0 Å². The number of hydrogen-bond donors (Lipinski definition) is 0. The summed E-state index contributed by atoms with van der Waals surface area (Å²) >= 11 is 5.85. The lowest BCUT2D eigenvalue weighted by molar-refractivity contribution is -0.136. The fraction of sp³-hybridized carbons (Fsp3) is 0.455. The van der Waals surface area contributed by atoms with Gasteiger partial charge in [0.2, 0.25) is 0 Å². The molecule has 0 aliphatic carbocycles. The van der Waals surface area contributed by atoms with E-state index in [2.05, 4.69) is 4.98 Å². The van der Waals surface area contributed by atoms with Gasteiger partial charge in [0.15, 0.2) is 0 Å². The number of rotatable bonds is 3. The van der Waals surface area contributed by atoms with Crippen molar-refractivity contribution in [3.05, 3.63) is 28.5 Å². The topological polar surface area (TPSA) is 33.2 Å². The molecule has 1 amide bonds. The zero-order chi connectivity index (χ0) is 13.9. The molecule has 1 heterocycles. The summed E-state index contributed by atoms with van der Waals surface area (Å²) in [6.07, 6.45) is -4.07. The largest absolute Gasteiger partial charge is 0.390 e. The number of nitrogens with zero attached hydrogens (tertiary/aromatic N) is 2. The van der Waals surface area contributed by atoms with E-state index in [1.165, 1.54) is 19.3 Å². The van der Waals surface area contributed by atoms with E-state index in [4.69, 9.17) is 11.6 Å². The van der Waals surface area contributed by atoms with E-state index in [1.807, 2.05) is 0 Å². The van der Waals surface area contributed by atoms with Crippen LogP contribution in [0.2, 0.25) is 5.02 Å². The van der Waals surface area contributed by atoms with Gasteiger partial charge in [-0.3, -0.25) is 9.78 Å². The van der Waals surface area contributed by atoms with E-state index in [0.29, 0.717) is 5.69 Å². The summed E-state index contributed by atoms with van der Waals surface area (Å²) in [5.74, 6) is -0.572. The van der Waals surface area contributed by atoms with Gasteiger partial charge in [0, 0.05) is 25.5 Å². The molecule has 0 bridgehead atoms. The summed E-state index contributed by atoms with van der Waals surface area (Å²) in [4.78, 5) is 16.7. The van der Waals surface area contributed by atoms with Gasteiger partial charge < -0.3 is 4.90 Å². The van der Waals surface area contributed by atoms with Crippen molar-refractivity contribution < 1.29 is 18.0 Å². The molecule has 7 heteroatoms. The lowest BCUT2D eigenvalue weighted by atomic mass is 10.2. The van der Waals surface area contributed by atoms with Crippen LogP contribution in [0.4, 0.5) is 13.2 Å². The molecule has 1 aromatic rings. The predicted molar refractivity (Wildman–Crippen MR) is 61.6 cm³/mol. The first-order valence-corrected chi connectivity index (χ1v) is 5.53. The lowest BCUT2D eigenvalue weighted by Gasteiger charge is -2.18. The Morgan fingerprint density at radius 2 is 2.11 bits per heavy atom. The molecule has 0 saturated heterocycles. The first-order chi connectivity index (χ1) is 8.20. The number of aromatic nitrogens is 1. The third kappa shape index (κ3) is 4.18. The van der Waals surface area contributed by atoms with Gasteiger partial charge in [0.25, 0.3) is 5.91 Å². The monoisotopic (exact) mass is 280 g/mol. The lowest BCUT2D eigenvalue weighted by Crippen LogP contribution is -2.30. The van der Waals surface area contributed by atoms with Gasteiger partial charge in [0.1, 0.15) is 0 Å². The molecule has 0 spiro atoms. The summed E-state index contributed by atoms with van der Waals surface area (Å²) in [6.45, 7) is 1.29. The van der Waals surface area contributed by atoms with Crippen LogP contribution in [0.15, 0.2) is 12.3 Å². The van der Waals surface area contributed by atoms with Gasteiger partial charge in [-0.05, 0) is 13.0 Å². The standard InChI is InChI=1S/C11H12ClF3N2O/c1-7-5-9(12)8(6-16-7)10(18)17(2)4-3-11(13,14)15/h5-6H,3-4H2,1-2H3. The molecule has 0 aromatic carbocycles. The molecular weight excluding hydrogens is 269 g/mol. The molecule has 0 unspecified atom stereocenters. The number of aryl methyl sites for hydroxylation is 1. The fourth-order valence-corrected chi connectivity index (χ4v) is 1.57. The maximum absolute atomic E-state index is 12.0. The van der Waals surface area contributed by atoms with Crippen molar-refractivity contribution in [2.75, 3.05) is 13.6 Å². The van der Waals surface area contributed by atoms with Crippen molar-refractivity contribution in [3.63, 3.8) is 0 Å². The van der Waals surface area contributed by atoms with Gasteiger partial charge >= 0.3 is 6.18 Å². The Bertz CT molecular complexity index is 448. The second kappa shape index (κ2) is 5.56. The van der Waals surface area contributed by atoms with Crippen LogP contribution in [0, 0.1) is 6.92 Å².